The molecule has 0 amide bonds. The van der Waals surface area contributed by atoms with Crippen molar-refractivity contribution in [1.82, 2.24) is 0 Å². The minimum atomic E-state index is 0.486. The highest BCUT2D eigenvalue weighted by atomic mass is 28.2. The Morgan fingerprint density at radius 2 is 2.13 bits per heavy atom. The summed E-state index contributed by atoms with van der Waals surface area (Å²) in [5.41, 5.74) is 3.26. The fourth-order valence-corrected chi connectivity index (χ4v) is 3.38. The summed E-state index contributed by atoms with van der Waals surface area (Å²) < 4.78 is 5.78. The molecule has 80 valence electrons. The first kappa shape index (κ1) is 10.9. The molecular weight excluding hydrogens is 200 g/mol. The van der Waals surface area contributed by atoms with Gasteiger partial charge in [0.1, 0.15) is 9.52 Å². The second kappa shape index (κ2) is 4.95. The van der Waals surface area contributed by atoms with E-state index in [1.165, 1.54) is 35.6 Å². The fraction of sp³-hybridized carbons (Fsp3) is 0.538. The van der Waals surface area contributed by atoms with Crippen molar-refractivity contribution < 1.29 is 4.74 Å². The fourth-order valence-electron chi connectivity index (χ4n) is 2.00. The lowest BCUT2D eigenvalue weighted by molar-refractivity contribution is 0.0660. The topological polar surface area (TPSA) is 9.23 Å². The summed E-state index contributed by atoms with van der Waals surface area (Å²) in [7, 11) is 0.827. The first-order valence-electron chi connectivity index (χ1n) is 5.71. The van der Waals surface area contributed by atoms with Gasteiger partial charge >= 0.3 is 0 Å². The molecule has 0 aromatic heterocycles. The molecule has 15 heavy (non-hydrogen) atoms. The van der Waals surface area contributed by atoms with E-state index in [1.807, 2.05) is 0 Å². The highest BCUT2D eigenvalue weighted by Crippen LogP contribution is 2.12. The standard InChI is InChI=1S/C13H18OSi/c1-10-6-7-12(11(2)9-10)15-13-5-3-4-8-14-13/h6-7,9,13H,3-5,8H2,1-2H3. The van der Waals surface area contributed by atoms with E-state index in [0.29, 0.717) is 5.73 Å². The van der Waals surface area contributed by atoms with E-state index in [2.05, 4.69) is 32.0 Å². The van der Waals surface area contributed by atoms with Crippen LogP contribution >= 0.6 is 0 Å². The molecule has 1 atom stereocenters. The van der Waals surface area contributed by atoms with E-state index in [1.54, 1.807) is 0 Å². The second-order valence-corrected chi connectivity index (χ2v) is 5.79. The number of hydrogen-bond donors (Lipinski definition) is 0. The Hall–Kier alpha value is -0.603. The molecule has 0 spiro atoms. The summed E-state index contributed by atoms with van der Waals surface area (Å²) in [6.07, 6.45) is 3.82. The smallest absolute Gasteiger partial charge is 0.119 e. The van der Waals surface area contributed by atoms with Gasteiger partial charge in [-0.1, -0.05) is 34.5 Å². The summed E-state index contributed by atoms with van der Waals surface area (Å²) in [5.74, 6) is 0. The van der Waals surface area contributed by atoms with Gasteiger partial charge in [-0.15, -0.1) is 0 Å². The Morgan fingerprint density at radius 3 is 2.80 bits per heavy atom. The molecule has 0 bridgehead atoms. The van der Waals surface area contributed by atoms with Gasteiger partial charge in [0, 0.05) is 12.3 Å². The van der Waals surface area contributed by atoms with Crippen molar-refractivity contribution in [3.63, 3.8) is 0 Å². The predicted molar refractivity (Wildman–Crippen MR) is 64.9 cm³/mol. The lowest BCUT2D eigenvalue weighted by Crippen LogP contribution is -2.34. The van der Waals surface area contributed by atoms with Crippen molar-refractivity contribution in [2.75, 3.05) is 6.61 Å². The van der Waals surface area contributed by atoms with Gasteiger partial charge in [0.15, 0.2) is 0 Å². The molecule has 1 aliphatic rings. The molecular formula is C13H18OSi. The van der Waals surface area contributed by atoms with Gasteiger partial charge < -0.3 is 4.74 Å². The summed E-state index contributed by atoms with van der Waals surface area (Å²) >= 11 is 0. The normalized spacial score (nSPS) is 21.6. The van der Waals surface area contributed by atoms with E-state index < -0.39 is 0 Å². The Labute approximate surface area is 94.7 Å². The third-order valence-corrected chi connectivity index (χ3v) is 4.53. The number of rotatable bonds is 2. The highest BCUT2D eigenvalue weighted by molar-refractivity contribution is 6.55. The van der Waals surface area contributed by atoms with Crippen molar-refractivity contribution in [1.29, 1.82) is 0 Å². The van der Waals surface area contributed by atoms with E-state index >= 15 is 0 Å². The molecule has 2 rings (SSSR count). The Bertz CT molecular complexity index is 329. The van der Waals surface area contributed by atoms with Crippen LogP contribution in [-0.2, 0) is 4.74 Å². The quantitative estimate of drug-likeness (QED) is 0.691. The van der Waals surface area contributed by atoms with Crippen LogP contribution in [0.1, 0.15) is 30.4 Å². The molecule has 0 aliphatic carbocycles. The van der Waals surface area contributed by atoms with E-state index in [0.717, 1.165) is 16.1 Å². The first-order valence-corrected chi connectivity index (χ1v) is 6.79. The van der Waals surface area contributed by atoms with Crippen LogP contribution in [0.25, 0.3) is 0 Å². The minimum absolute atomic E-state index is 0.486. The summed E-state index contributed by atoms with van der Waals surface area (Å²) in [4.78, 5) is 0. The zero-order chi connectivity index (χ0) is 10.7. The molecule has 2 heteroatoms. The Morgan fingerprint density at radius 1 is 1.27 bits per heavy atom. The van der Waals surface area contributed by atoms with Crippen molar-refractivity contribution in [2.24, 2.45) is 0 Å². The molecule has 1 fully saturated rings. The van der Waals surface area contributed by atoms with Crippen LogP contribution in [0.2, 0.25) is 0 Å². The van der Waals surface area contributed by atoms with Crippen LogP contribution < -0.4 is 5.19 Å². The summed E-state index contributed by atoms with van der Waals surface area (Å²) in [6, 6.07) is 6.74. The third-order valence-electron chi connectivity index (χ3n) is 2.88. The van der Waals surface area contributed by atoms with E-state index in [-0.39, 0.29) is 0 Å². The summed E-state index contributed by atoms with van der Waals surface area (Å²) in [6.45, 7) is 5.32. The van der Waals surface area contributed by atoms with Crippen LogP contribution in [0, 0.1) is 13.8 Å². The molecule has 1 aliphatic heterocycles. The molecule has 1 saturated heterocycles. The lowest BCUT2D eigenvalue weighted by Gasteiger charge is -2.22. The van der Waals surface area contributed by atoms with Crippen molar-refractivity contribution in [2.45, 2.75) is 38.8 Å². The molecule has 1 unspecified atom stereocenters. The van der Waals surface area contributed by atoms with Gasteiger partial charge in [-0.25, -0.2) is 0 Å². The zero-order valence-corrected chi connectivity index (χ0v) is 10.5. The molecule has 1 nitrogen and oxygen atoms in total. The van der Waals surface area contributed by atoms with Gasteiger partial charge in [0.05, 0.1) is 0 Å². The lowest BCUT2D eigenvalue weighted by atomic mass is 10.2. The van der Waals surface area contributed by atoms with Crippen LogP contribution in [0.5, 0.6) is 0 Å². The van der Waals surface area contributed by atoms with E-state index in [9.17, 15) is 0 Å². The average molecular weight is 218 g/mol. The average Bonchev–Trinajstić information content (AvgIpc) is 2.24. The van der Waals surface area contributed by atoms with Crippen molar-refractivity contribution >= 4 is 14.7 Å². The number of benzene rings is 1. The SMILES string of the molecule is Cc1ccc([Si]C2CCCCO2)c(C)c1. The number of aryl methyl sites for hydroxylation is 2. The van der Waals surface area contributed by atoms with Crippen LogP contribution in [0.3, 0.4) is 0 Å². The van der Waals surface area contributed by atoms with Crippen LogP contribution in [0.15, 0.2) is 18.2 Å². The zero-order valence-electron chi connectivity index (χ0n) is 9.55. The highest BCUT2D eigenvalue weighted by Gasteiger charge is 2.16. The molecule has 2 radical (unpaired) electrons. The van der Waals surface area contributed by atoms with Crippen LogP contribution in [0.4, 0.5) is 0 Å². The van der Waals surface area contributed by atoms with Crippen molar-refractivity contribution in [3.8, 4) is 0 Å². The second-order valence-electron chi connectivity index (χ2n) is 4.32. The Kier molecular flexibility index (Phi) is 3.60. The number of hydrogen-bond acceptors (Lipinski definition) is 1. The van der Waals surface area contributed by atoms with E-state index in [4.69, 9.17) is 4.74 Å². The maximum Gasteiger partial charge on any atom is 0.119 e. The third kappa shape index (κ3) is 2.92. The first-order chi connectivity index (χ1) is 7.25. The van der Waals surface area contributed by atoms with Gasteiger partial charge in [0.25, 0.3) is 0 Å². The molecule has 1 heterocycles. The monoisotopic (exact) mass is 218 g/mol. The van der Waals surface area contributed by atoms with Gasteiger partial charge in [0.2, 0.25) is 0 Å². The predicted octanol–water partition coefficient (Wildman–Crippen LogP) is 2.16. The Balaban J connectivity index is 2.03. The molecule has 1 aromatic carbocycles. The van der Waals surface area contributed by atoms with Gasteiger partial charge in [-0.05, 0) is 33.1 Å². The minimum Gasteiger partial charge on any atom is -0.382 e. The largest absolute Gasteiger partial charge is 0.382 e. The van der Waals surface area contributed by atoms with Crippen molar-refractivity contribution in [3.05, 3.63) is 29.3 Å². The van der Waals surface area contributed by atoms with Gasteiger partial charge in [-0.3, -0.25) is 0 Å². The van der Waals surface area contributed by atoms with Gasteiger partial charge in [-0.2, -0.15) is 0 Å². The maximum atomic E-state index is 5.78. The summed E-state index contributed by atoms with van der Waals surface area (Å²) in [5, 5.41) is 1.48. The molecule has 0 saturated carbocycles. The molecule has 0 N–H and O–H groups in total. The number of ether oxygens (including phenoxy) is 1. The molecule has 1 aromatic rings. The maximum absolute atomic E-state index is 5.78. The van der Waals surface area contributed by atoms with Crippen LogP contribution in [-0.4, -0.2) is 21.9 Å².